The van der Waals surface area contributed by atoms with E-state index in [1.807, 2.05) is 26.0 Å². The molecule has 0 unspecified atom stereocenters. The van der Waals surface area contributed by atoms with Crippen LogP contribution in [0.15, 0.2) is 30.7 Å². The highest BCUT2D eigenvalue weighted by Crippen LogP contribution is 2.08. The minimum Gasteiger partial charge on any atom is -0.334 e. The number of pyridine rings is 1. The third-order valence-electron chi connectivity index (χ3n) is 2.85. The van der Waals surface area contributed by atoms with Crippen molar-refractivity contribution in [1.82, 2.24) is 19.9 Å². The zero-order chi connectivity index (χ0) is 13.8. The molecule has 0 N–H and O–H groups in total. The van der Waals surface area contributed by atoms with Crippen molar-refractivity contribution in [2.75, 3.05) is 7.05 Å². The van der Waals surface area contributed by atoms with E-state index in [4.69, 9.17) is 0 Å². The molecule has 2 heterocycles. The van der Waals surface area contributed by atoms with Crippen molar-refractivity contribution in [2.24, 2.45) is 0 Å². The number of aromatic nitrogens is 3. The predicted octanol–water partition coefficient (Wildman–Crippen LogP) is 1.76. The predicted molar refractivity (Wildman–Crippen MR) is 71.5 cm³/mol. The Balaban J connectivity index is 2.12. The van der Waals surface area contributed by atoms with Crippen molar-refractivity contribution < 1.29 is 4.79 Å². The van der Waals surface area contributed by atoms with Gasteiger partial charge in [-0.2, -0.15) is 0 Å². The smallest absolute Gasteiger partial charge is 0.274 e. The Kier molecular flexibility index (Phi) is 3.85. The Morgan fingerprint density at radius 2 is 2.00 bits per heavy atom. The number of carbonyl (C=O) groups excluding carboxylic acids is 1. The zero-order valence-electron chi connectivity index (χ0n) is 11.3. The van der Waals surface area contributed by atoms with Gasteiger partial charge < -0.3 is 4.90 Å². The molecule has 2 aromatic heterocycles. The molecular weight excluding hydrogens is 240 g/mol. The fourth-order valence-electron chi connectivity index (χ4n) is 1.68. The van der Waals surface area contributed by atoms with Gasteiger partial charge in [-0.3, -0.25) is 14.8 Å². The standard InChI is InChI=1S/C14H16N4O/c1-10-5-4-6-15-13(10)9-18(3)14(19)12-8-16-11(2)7-17-12/h4-8H,9H2,1-3H3. The first-order chi connectivity index (χ1) is 9.08. The maximum Gasteiger partial charge on any atom is 0.274 e. The second-order valence-corrected chi connectivity index (χ2v) is 4.47. The molecule has 19 heavy (non-hydrogen) atoms. The van der Waals surface area contributed by atoms with E-state index in [0.717, 1.165) is 17.0 Å². The van der Waals surface area contributed by atoms with E-state index >= 15 is 0 Å². The summed E-state index contributed by atoms with van der Waals surface area (Å²) >= 11 is 0. The molecule has 5 nitrogen and oxygen atoms in total. The van der Waals surface area contributed by atoms with Crippen LogP contribution < -0.4 is 0 Å². The van der Waals surface area contributed by atoms with Crippen molar-refractivity contribution in [1.29, 1.82) is 0 Å². The SMILES string of the molecule is Cc1cnc(C(=O)N(C)Cc2ncccc2C)cn1. The van der Waals surface area contributed by atoms with Gasteiger partial charge in [0.05, 0.1) is 24.1 Å². The van der Waals surface area contributed by atoms with Crippen LogP contribution in [0.25, 0.3) is 0 Å². The molecule has 0 spiro atoms. The largest absolute Gasteiger partial charge is 0.334 e. The van der Waals surface area contributed by atoms with E-state index in [9.17, 15) is 4.79 Å². The van der Waals surface area contributed by atoms with Gasteiger partial charge in [0.15, 0.2) is 0 Å². The summed E-state index contributed by atoms with van der Waals surface area (Å²) in [5.41, 5.74) is 3.09. The van der Waals surface area contributed by atoms with Gasteiger partial charge in [0.25, 0.3) is 5.91 Å². The Morgan fingerprint density at radius 1 is 1.21 bits per heavy atom. The van der Waals surface area contributed by atoms with Crippen LogP contribution in [0.2, 0.25) is 0 Å². The lowest BCUT2D eigenvalue weighted by atomic mass is 10.2. The summed E-state index contributed by atoms with van der Waals surface area (Å²) in [6.45, 7) is 4.27. The van der Waals surface area contributed by atoms with Crippen LogP contribution in [0.1, 0.15) is 27.4 Å². The van der Waals surface area contributed by atoms with Crippen LogP contribution in [-0.4, -0.2) is 32.8 Å². The molecule has 0 aliphatic rings. The van der Waals surface area contributed by atoms with E-state index in [1.54, 1.807) is 24.3 Å². The van der Waals surface area contributed by atoms with Crippen molar-refractivity contribution in [3.05, 3.63) is 53.4 Å². The molecule has 0 saturated heterocycles. The third-order valence-corrected chi connectivity index (χ3v) is 2.85. The molecule has 0 radical (unpaired) electrons. The van der Waals surface area contributed by atoms with Crippen molar-refractivity contribution >= 4 is 5.91 Å². The summed E-state index contributed by atoms with van der Waals surface area (Å²) < 4.78 is 0. The fraction of sp³-hybridized carbons (Fsp3) is 0.286. The molecular formula is C14H16N4O. The summed E-state index contributed by atoms with van der Waals surface area (Å²) in [6.07, 6.45) is 4.82. The van der Waals surface area contributed by atoms with E-state index in [2.05, 4.69) is 15.0 Å². The first kappa shape index (κ1) is 13.1. The van der Waals surface area contributed by atoms with Gasteiger partial charge in [0.2, 0.25) is 0 Å². The second-order valence-electron chi connectivity index (χ2n) is 4.47. The first-order valence-corrected chi connectivity index (χ1v) is 6.02. The minimum absolute atomic E-state index is 0.155. The normalized spacial score (nSPS) is 10.3. The second kappa shape index (κ2) is 5.56. The summed E-state index contributed by atoms with van der Waals surface area (Å²) in [5, 5.41) is 0. The fourth-order valence-corrected chi connectivity index (χ4v) is 1.68. The van der Waals surface area contributed by atoms with Gasteiger partial charge in [-0.15, -0.1) is 0 Å². The van der Waals surface area contributed by atoms with Crippen LogP contribution in [0, 0.1) is 13.8 Å². The molecule has 0 aliphatic carbocycles. The van der Waals surface area contributed by atoms with Gasteiger partial charge in [-0.25, -0.2) is 4.98 Å². The zero-order valence-corrected chi connectivity index (χ0v) is 11.3. The molecule has 0 aromatic carbocycles. The first-order valence-electron chi connectivity index (χ1n) is 6.02. The van der Waals surface area contributed by atoms with Gasteiger partial charge in [0, 0.05) is 19.4 Å². The Hall–Kier alpha value is -2.30. The van der Waals surface area contributed by atoms with Gasteiger partial charge in [-0.1, -0.05) is 6.07 Å². The molecule has 98 valence electrons. The van der Waals surface area contributed by atoms with Gasteiger partial charge in [-0.05, 0) is 25.5 Å². The molecule has 2 aromatic rings. The van der Waals surface area contributed by atoms with Crippen LogP contribution in [0.3, 0.4) is 0 Å². The highest BCUT2D eigenvalue weighted by molar-refractivity contribution is 5.91. The molecule has 0 fully saturated rings. The monoisotopic (exact) mass is 256 g/mol. The van der Waals surface area contributed by atoms with Crippen molar-refractivity contribution in [2.45, 2.75) is 20.4 Å². The Bertz CT molecular complexity index is 580. The molecule has 0 aliphatic heterocycles. The van der Waals surface area contributed by atoms with Crippen LogP contribution >= 0.6 is 0 Å². The average molecular weight is 256 g/mol. The highest BCUT2D eigenvalue weighted by Gasteiger charge is 2.14. The van der Waals surface area contributed by atoms with E-state index in [1.165, 1.54) is 6.20 Å². The maximum atomic E-state index is 12.2. The quantitative estimate of drug-likeness (QED) is 0.839. The summed E-state index contributed by atoms with van der Waals surface area (Å²) in [7, 11) is 1.73. The number of amides is 1. The number of carbonyl (C=O) groups is 1. The number of aryl methyl sites for hydroxylation is 2. The number of hydrogen-bond donors (Lipinski definition) is 0. The highest BCUT2D eigenvalue weighted by atomic mass is 16.2. The molecule has 0 bridgehead atoms. The molecule has 0 saturated carbocycles. The van der Waals surface area contributed by atoms with Crippen molar-refractivity contribution in [3.63, 3.8) is 0 Å². The summed E-state index contributed by atoms with van der Waals surface area (Å²) in [4.78, 5) is 26.2. The molecule has 1 amide bonds. The van der Waals surface area contributed by atoms with Crippen molar-refractivity contribution in [3.8, 4) is 0 Å². The van der Waals surface area contributed by atoms with E-state index in [0.29, 0.717) is 12.2 Å². The Labute approximate surface area is 112 Å². The van der Waals surface area contributed by atoms with E-state index in [-0.39, 0.29) is 5.91 Å². The lowest BCUT2D eigenvalue weighted by molar-refractivity contribution is 0.0777. The summed E-state index contributed by atoms with van der Waals surface area (Å²) in [6, 6.07) is 3.86. The number of rotatable bonds is 3. The number of hydrogen-bond acceptors (Lipinski definition) is 4. The van der Waals surface area contributed by atoms with E-state index < -0.39 is 0 Å². The molecule has 0 atom stereocenters. The molecule has 2 rings (SSSR count). The number of nitrogens with zero attached hydrogens (tertiary/aromatic N) is 4. The van der Waals surface area contributed by atoms with Crippen LogP contribution in [0.5, 0.6) is 0 Å². The van der Waals surface area contributed by atoms with Gasteiger partial charge in [0.1, 0.15) is 5.69 Å². The minimum atomic E-state index is -0.155. The van der Waals surface area contributed by atoms with Crippen LogP contribution in [-0.2, 0) is 6.54 Å². The van der Waals surface area contributed by atoms with Gasteiger partial charge >= 0.3 is 0 Å². The van der Waals surface area contributed by atoms with Crippen LogP contribution in [0.4, 0.5) is 0 Å². The summed E-state index contributed by atoms with van der Waals surface area (Å²) in [5.74, 6) is -0.155. The Morgan fingerprint density at radius 3 is 2.63 bits per heavy atom. The maximum absolute atomic E-state index is 12.2. The lowest BCUT2D eigenvalue weighted by Gasteiger charge is -2.17. The average Bonchev–Trinajstić information content (AvgIpc) is 2.41. The molecule has 5 heteroatoms. The lowest BCUT2D eigenvalue weighted by Crippen LogP contribution is -2.28. The third kappa shape index (κ3) is 3.13. The topological polar surface area (TPSA) is 59.0 Å².